The molecule has 0 aromatic carbocycles. The van der Waals surface area contributed by atoms with Crippen LogP contribution in [0.25, 0.3) is 0 Å². The third kappa shape index (κ3) is 3.52. The number of hydrogen-bond donors (Lipinski definition) is 0. The van der Waals surface area contributed by atoms with Gasteiger partial charge in [-0.05, 0) is 25.7 Å². The standard InChI is InChI=1S/C17H29N3O5S/c21-16(18-11-5-17(6-12-18)24-13-14-25-17)15-3-9-20(10-4-15)26(22,23)19-7-1-2-8-19/h15H,1-14H2. The molecule has 8 nitrogen and oxygen atoms in total. The molecule has 1 amide bonds. The molecule has 9 heteroatoms. The molecule has 0 aromatic heterocycles. The summed E-state index contributed by atoms with van der Waals surface area (Å²) in [7, 11) is -3.34. The summed E-state index contributed by atoms with van der Waals surface area (Å²) in [5.74, 6) is -0.375. The van der Waals surface area contributed by atoms with E-state index in [4.69, 9.17) is 9.47 Å². The van der Waals surface area contributed by atoms with E-state index in [0.717, 1.165) is 25.7 Å². The molecule has 148 valence electrons. The highest BCUT2D eigenvalue weighted by Gasteiger charge is 2.42. The summed E-state index contributed by atoms with van der Waals surface area (Å²) in [6, 6.07) is 0. The van der Waals surface area contributed by atoms with Crippen LogP contribution in [0, 0.1) is 5.92 Å². The molecule has 4 rings (SSSR count). The lowest BCUT2D eigenvalue weighted by molar-refractivity contribution is -0.188. The van der Waals surface area contributed by atoms with Crippen molar-refractivity contribution in [1.82, 2.24) is 13.5 Å². The van der Waals surface area contributed by atoms with Crippen LogP contribution in [0.1, 0.15) is 38.5 Å². The summed E-state index contributed by atoms with van der Waals surface area (Å²) >= 11 is 0. The summed E-state index contributed by atoms with van der Waals surface area (Å²) in [5, 5.41) is 0. The fraction of sp³-hybridized carbons (Fsp3) is 0.941. The first-order valence-corrected chi connectivity index (χ1v) is 11.2. The van der Waals surface area contributed by atoms with E-state index < -0.39 is 16.0 Å². The Labute approximate surface area is 155 Å². The van der Waals surface area contributed by atoms with Crippen LogP contribution in [0.5, 0.6) is 0 Å². The molecule has 0 aromatic rings. The second-order valence-corrected chi connectivity index (χ2v) is 9.65. The Bertz CT molecular complexity index is 610. The SMILES string of the molecule is O=C(C1CCN(S(=O)(=O)N2CCCC2)CC1)N1CCC2(CC1)OCCO2. The molecule has 4 heterocycles. The van der Waals surface area contributed by atoms with E-state index in [2.05, 4.69) is 0 Å². The van der Waals surface area contributed by atoms with Crippen LogP contribution in [0.4, 0.5) is 0 Å². The third-order valence-electron chi connectivity index (χ3n) is 6.17. The van der Waals surface area contributed by atoms with Gasteiger partial charge >= 0.3 is 0 Å². The molecule has 0 N–H and O–H groups in total. The second-order valence-electron chi connectivity index (χ2n) is 7.72. The molecule has 4 fully saturated rings. The van der Waals surface area contributed by atoms with Crippen molar-refractivity contribution in [2.75, 3.05) is 52.5 Å². The normalized spacial score (nSPS) is 28.8. The first kappa shape index (κ1) is 18.6. The molecule has 4 aliphatic heterocycles. The average molecular weight is 388 g/mol. The van der Waals surface area contributed by atoms with Crippen molar-refractivity contribution in [2.45, 2.75) is 44.3 Å². The average Bonchev–Trinajstić information content (AvgIpc) is 3.35. The van der Waals surface area contributed by atoms with Gasteiger partial charge in [0, 0.05) is 58.0 Å². The molecule has 0 radical (unpaired) electrons. The monoisotopic (exact) mass is 387 g/mol. The van der Waals surface area contributed by atoms with Crippen molar-refractivity contribution >= 4 is 16.1 Å². The number of carbonyl (C=O) groups excluding carboxylic acids is 1. The smallest absolute Gasteiger partial charge is 0.281 e. The van der Waals surface area contributed by atoms with Crippen LogP contribution in [0.3, 0.4) is 0 Å². The summed E-state index contributed by atoms with van der Waals surface area (Å²) in [6.07, 6.45) is 4.55. The van der Waals surface area contributed by atoms with Gasteiger partial charge in [0.05, 0.1) is 13.2 Å². The van der Waals surface area contributed by atoms with Crippen LogP contribution in [0.15, 0.2) is 0 Å². The Morgan fingerprint density at radius 1 is 0.846 bits per heavy atom. The summed E-state index contributed by atoms with van der Waals surface area (Å²) in [4.78, 5) is 14.7. The quantitative estimate of drug-likeness (QED) is 0.701. The van der Waals surface area contributed by atoms with Gasteiger partial charge in [-0.25, -0.2) is 0 Å². The van der Waals surface area contributed by atoms with Crippen molar-refractivity contribution < 1.29 is 22.7 Å². The molecule has 0 saturated carbocycles. The topological polar surface area (TPSA) is 79.4 Å². The molecule has 4 saturated heterocycles. The van der Waals surface area contributed by atoms with E-state index in [1.807, 2.05) is 4.90 Å². The molecular formula is C17H29N3O5S. The van der Waals surface area contributed by atoms with Crippen molar-refractivity contribution in [1.29, 1.82) is 0 Å². The van der Waals surface area contributed by atoms with Crippen LogP contribution < -0.4 is 0 Å². The number of amides is 1. The summed E-state index contributed by atoms with van der Waals surface area (Å²) in [5.41, 5.74) is 0. The van der Waals surface area contributed by atoms with Gasteiger partial charge in [-0.1, -0.05) is 0 Å². The fourth-order valence-electron chi connectivity index (χ4n) is 4.53. The highest BCUT2D eigenvalue weighted by atomic mass is 32.2. The zero-order valence-corrected chi connectivity index (χ0v) is 16.1. The molecule has 26 heavy (non-hydrogen) atoms. The maximum atomic E-state index is 12.8. The Morgan fingerprint density at radius 3 is 1.96 bits per heavy atom. The molecule has 4 aliphatic rings. The lowest BCUT2D eigenvalue weighted by Crippen LogP contribution is -2.51. The predicted molar refractivity (Wildman–Crippen MR) is 94.5 cm³/mol. The van der Waals surface area contributed by atoms with E-state index in [9.17, 15) is 13.2 Å². The summed E-state index contributed by atoms with van der Waals surface area (Å²) in [6.45, 7) is 4.73. The Hall–Kier alpha value is -0.740. The summed E-state index contributed by atoms with van der Waals surface area (Å²) < 4.78 is 39.9. The largest absolute Gasteiger partial charge is 0.347 e. The number of ether oxygens (including phenoxy) is 2. The van der Waals surface area contributed by atoms with Crippen LogP contribution >= 0.6 is 0 Å². The minimum Gasteiger partial charge on any atom is -0.347 e. The van der Waals surface area contributed by atoms with E-state index in [1.54, 1.807) is 8.61 Å². The zero-order chi connectivity index (χ0) is 18.2. The molecular weight excluding hydrogens is 358 g/mol. The van der Waals surface area contributed by atoms with Gasteiger partial charge in [0.25, 0.3) is 10.2 Å². The van der Waals surface area contributed by atoms with E-state index in [1.165, 1.54) is 0 Å². The molecule has 0 atom stereocenters. The lowest BCUT2D eigenvalue weighted by atomic mass is 9.94. The molecule has 1 spiro atoms. The third-order valence-corrected chi connectivity index (χ3v) is 8.21. The van der Waals surface area contributed by atoms with Gasteiger partial charge < -0.3 is 14.4 Å². The van der Waals surface area contributed by atoms with Crippen LogP contribution in [-0.4, -0.2) is 86.1 Å². The number of carbonyl (C=O) groups is 1. The highest BCUT2D eigenvalue weighted by Crippen LogP contribution is 2.33. The van der Waals surface area contributed by atoms with Gasteiger partial charge in [0.1, 0.15) is 0 Å². The van der Waals surface area contributed by atoms with Gasteiger partial charge in [0.2, 0.25) is 5.91 Å². The lowest BCUT2D eigenvalue weighted by Gasteiger charge is -2.40. The second kappa shape index (κ2) is 7.35. The molecule has 0 aliphatic carbocycles. The fourth-order valence-corrected chi connectivity index (χ4v) is 6.25. The van der Waals surface area contributed by atoms with Crippen LogP contribution in [0.2, 0.25) is 0 Å². The first-order valence-electron chi connectivity index (χ1n) is 9.82. The van der Waals surface area contributed by atoms with Gasteiger partial charge in [-0.3, -0.25) is 4.79 Å². The number of rotatable bonds is 3. The minimum atomic E-state index is -3.34. The van der Waals surface area contributed by atoms with Gasteiger partial charge in [-0.2, -0.15) is 17.0 Å². The molecule has 0 unspecified atom stereocenters. The van der Waals surface area contributed by atoms with Crippen LogP contribution in [-0.2, 0) is 24.5 Å². The highest BCUT2D eigenvalue weighted by molar-refractivity contribution is 7.86. The number of likely N-dealkylation sites (tertiary alicyclic amines) is 1. The Balaban J connectivity index is 1.28. The van der Waals surface area contributed by atoms with Gasteiger partial charge in [0.15, 0.2) is 5.79 Å². The van der Waals surface area contributed by atoms with E-state index >= 15 is 0 Å². The maximum absolute atomic E-state index is 12.8. The minimum absolute atomic E-state index is 0.0699. The van der Waals surface area contributed by atoms with Gasteiger partial charge in [-0.15, -0.1) is 0 Å². The molecule has 0 bridgehead atoms. The maximum Gasteiger partial charge on any atom is 0.281 e. The van der Waals surface area contributed by atoms with Crippen molar-refractivity contribution in [3.63, 3.8) is 0 Å². The Morgan fingerprint density at radius 2 is 1.38 bits per heavy atom. The van der Waals surface area contributed by atoms with E-state index in [0.29, 0.717) is 65.3 Å². The first-order chi connectivity index (χ1) is 12.5. The number of hydrogen-bond acceptors (Lipinski definition) is 5. The Kier molecular flexibility index (Phi) is 5.26. The number of nitrogens with zero attached hydrogens (tertiary/aromatic N) is 3. The van der Waals surface area contributed by atoms with E-state index in [-0.39, 0.29) is 11.8 Å². The van der Waals surface area contributed by atoms with Crippen molar-refractivity contribution in [2.24, 2.45) is 5.92 Å². The van der Waals surface area contributed by atoms with Crippen molar-refractivity contribution in [3.05, 3.63) is 0 Å². The predicted octanol–water partition coefficient (Wildman–Crippen LogP) is 0.405. The zero-order valence-electron chi connectivity index (χ0n) is 15.3. The van der Waals surface area contributed by atoms with Crippen molar-refractivity contribution in [3.8, 4) is 0 Å². The number of piperidine rings is 2.